The monoisotopic (exact) mass is 317 g/mol. The number of anilines is 1. The summed E-state index contributed by atoms with van der Waals surface area (Å²) in [5.74, 6) is 0. The topological polar surface area (TPSA) is 71.0 Å². The fourth-order valence-electron chi connectivity index (χ4n) is 1.38. The van der Waals surface area contributed by atoms with E-state index in [1.165, 1.54) is 11.9 Å². The molecule has 2 amide bonds. The lowest BCUT2D eigenvalue weighted by Crippen LogP contribution is -2.31. The molecule has 0 spiro atoms. The van der Waals surface area contributed by atoms with Gasteiger partial charge in [-0.3, -0.25) is 10.3 Å². The molecule has 21 heavy (non-hydrogen) atoms. The lowest BCUT2D eigenvalue weighted by molar-refractivity contribution is -0.138. The standard InChI is InChI=1S/C11H10F3N5OS/c1-19(6-7-4-2-3-5-15-7)10(20)16-9-18-17-8(21-9)11(12,13)14/h2-5H,6H2,1H3,(H,16,18,20). The summed E-state index contributed by atoms with van der Waals surface area (Å²) in [6, 6.07) is 4.65. The highest BCUT2D eigenvalue weighted by molar-refractivity contribution is 7.15. The molecule has 0 saturated heterocycles. The smallest absolute Gasteiger partial charge is 0.322 e. The lowest BCUT2D eigenvalue weighted by atomic mass is 10.3. The number of hydrogen-bond donors (Lipinski definition) is 1. The summed E-state index contributed by atoms with van der Waals surface area (Å²) in [5, 5.41) is 7.21. The van der Waals surface area contributed by atoms with E-state index in [-0.39, 0.29) is 23.0 Å². The molecule has 2 heterocycles. The second kappa shape index (κ2) is 6.04. The Morgan fingerprint density at radius 2 is 2.14 bits per heavy atom. The van der Waals surface area contributed by atoms with E-state index in [4.69, 9.17) is 0 Å². The molecule has 0 aliphatic rings. The highest BCUT2D eigenvalue weighted by Gasteiger charge is 2.35. The van der Waals surface area contributed by atoms with Gasteiger partial charge in [-0.15, -0.1) is 10.2 Å². The first kappa shape index (κ1) is 15.2. The minimum absolute atomic E-state index is 0.208. The number of carbonyl (C=O) groups excluding carboxylic acids is 1. The van der Waals surface area contributed by atoms with E-state index in [0.29, 0.717) is 5.69 Å². The van der Waals surface area contributed by atoms with Crippen LogP contribution in [-0.2, 0) is 12.7 Å². The summed E-state index contributed by atoms with van der Waals surface area (Å²) < 4.78 is 37.1. The molecule has 112 valence electrons. The Morgan fingerprint density at radius 3 is 2.71 bits per heavy atom. The quantitative estimate of drug-likeness (QED) is 0.944. The third-order valence-corrected chi connectivity index (χ3v) is 3.24. The van der Waals surface area contributed by atoms with Crippen LogP contribution in [-0.4, -0.2) is 33.2 Å². The molecule has 0 aliphatic carbocycles. The van der Waals surface area contributed by atoms with E-state index in [2.05, 4.69) is 20.5 Å². The van der Waals surface area contributed by atoms with Crippen molar-refractivity contribution in [3.8, 4) is 0 Å². The fourth-order valence-corrected chi connectivity index (χ4v) is 1.98. The number of urea groups is 1. The predicted octanol–water partition coefficient (Wildman–Crippen LogP) is 2.62. The number of amides is 2. The molecule has 0 radical (unpaired) electrons. The highest BCUT2D eigenvalue weighted by atomic mass is 32.1. The summed E-state index contributed by atoms with van der Waals surface area (Å²) in [5.41, 5.74) is 0.656. The Bertz CT molecular complexity index is 616. The summed E-state index contributed by atoms with van der Waals surface area (Å²) in [6.07, 6.45) is -2.98. The summed E-state index contributed by atoms with van der Waals surface area (Å²) in [6.45, 7) is 0.220. The third kappa shape index (κ3) is 4.12. The number of pyridine rings is 1. The van der Waals surface area contributed by atoms with Gasteiger partial charge in [0.1, 0.15) is 0 Å². The van der Waals surface area contributed by atoms with Gasteiger partial charge in [0.25, 0.3) is 0 Å². The molecule has 0 aromatic carbocycles. The van der Waals surface area contributed by atoms with Crippen LogP contribution in [0.15, 0.2) is 24.4 Å². The van der Waals surface area contributed by atoms with Gasteiger partial charge in [0, 0.05) is 13.2 Å². The molecule has 2 rings (SSSR count). The highest BCUT2D eigenvalue weighted by Crippen LogP contribution is 2.32. The largest absolute Gasteiger partial charge is 0.445 e. The van der Waals surface area contributed by atoms with E-state index in [1.54, 1.807) is 24.4 Å². The van der Waals surface area contributed by atoms with Gasteiger partial charge in [-0.25, -0.2) is 4.79 Å². The van der Waals surface area contributed by atoms with Crippen molar-refractivity contribution in [1.82, 2.24) is 20.1 Å². The zero-order valence-corrected chi connectivity index (χ0v) is 11.6. The number of rotatable bonds is 3. The molecule has 0 saturated carbocycles. The van der Waals surface area contributed by atoms with Crippen molar-refractivity contribution in [1.29, 1.82) is 0 Å². The average Bonchev–Trinajstić information content (AvgIpc) is 2.88. The second-order valence-electron chi connectivity index (χ2n) is 4.02. The normalized spacial score (nSPS) is 11.2. The average molecular weight is 317 g/mol. The Morgan fingerprint density at radius 1 is 1.38 bits per heavy atom. The number of aromatic nitrogens is 3. The van der Waals surface area contributed by atoms with Crippen LogP contribution in [0, 0.1) is 0 Å². The van der Waals surface area contributed by atoms with Crippen LogP contribution in [0.3, 0.4) is 0 Å². The first-order valence-electron chi connectivity index (χ1n) is 5.69. The lowest BCUT2D eigenvalue weighted by Gasteiger charge is -2.16. The molecule has 0 unspecified atom stereocenters. The maximum absolute atomic E-state index is 12.4. The Hall–Kier alpha value is -2.23. The third-order valence-electron chi connectivity index (χ3n) is 2.35. The Balaban J connectivity index is 1.96. The first-order valence-corrected chi connectivity index (χ1v) is 6.50. The van der Waals surface area contributed by atoms with Crippen LogP contribution in [0.2, 0.25) is 0 Å². The van der Waals surface area contributed by atoms with Gasteiger partial charge in [-0.1, -0.05) is 17.4 Å². The van der Waals surface area contributed by atoms with E-state index in [9.17, 15) is 18.0 Å². The van der Waals surface area contributed by atoms with E-state index >= 15 is 0 Å². The summed E-state index contributed by atoms with van der Waals surface area (Å²) in [4.78, 5) is 17.1. The van der Waals surface area contributed by atoms with Gasteiger partial charge in [0.05, 0.1) is 12.2 Å². The first-order chi connectivity index (χ1) is 9.86. The minimum Gasteiger partial charge on any atom is -0.322 e. The number of alkyl halides is 3. The molecule has 1 N–H and O–H groups in total. The number of hydrogen-bond acceptors (Lipinski definition) is 5. The molecule has 6 nitrogen and oxygen atoms in total. The molecule has 10 heteroatoms. The Labute approximate surface area is 121 Å². The Kier molecular flexibility index (Phi) is 4.36. The predicted molar refractivity (Wildman–Crippen MR) is 69.6 cm³/mol. The van der Waals surface area contributed by atoms with Crippen LogP contribution in [0.5, 0.6) is 0 Å². The van der Waals surface area contributed by atoms with Crippen molar-refractivity contribution in [3.05, 3.63) is 35.1 Å². The van der Waals surface area contributed by atoms with Crippen molar-refractivity contribution in [3.63, 3.8) is 0 Å². The zero-order chi connectivity index (χ0) is 15.5. The number of halogens is 3. The van der Waals surface area contributed by atoms with E-state index in [1.807, 2.05) is 0 Å². The molecule has 2 aromatic heterocycles. The molecular weight excluding hydrogens is 307 g/mol. The van der Waals surface area contributed by atoms with Crippen LogP contribution >= 0.6 is 11.3 Å². The zero-order valence-electron chi connectivity index (χ0n) is 10.8. The minimum atomic E-state index is -4.57. The van der Waals surface area contributed by atoms with Crippen LogP contribution in [0.25, 0.3) is 0 Å². The molecule has 0 aliphatic heterocycles. The van der Waals surface area contributed by atoms with Crippen LogP contribution in [0.4, 0.5) is 23.1 Å². The van der Waals surface area contributed by atoms with Crippen LogP contribution in [0.1, 0.15) is 10.7 Å². The number of nitrogens with one attached hydrogen (secondary N) is 1. The van der Waals surface area contributed by atoms with Gasteiger partial charge in [0.2, 0.25) is 10.1 Å². The number of carbonyl (C=O) groups is 1. The molecule has 2 aromatic rings. The summed E-state index contributed by atoms with van der Waals surface area (Å²) >= 11 is 0.270. The summed E-state index contributed by atoms with van der Waals surface area (Å²) in [7, 11) is 1.50. The van der Waals surface area contributed by atoms with Gasteiger partial charge < -0.3 is 4.90 Å². The van der Waals surface area contributed by atoms with Crippen LogP contribution < -0.4 is 5.32 Å². The van der Waals surface area contributed by atoms with Crippen molar-refractivity contribution < 1.29 is 18.0 Å². The maximum Gasteiger partial charge on any atom is 0.445 e. The molecule has 0 bridgehead atoms. The molecule has 0 fully saturated rings. The van der Waals surface area contributed by atoms with Gasteiger partial charge in [0.15, 0.2) is 0 Å². The van der Waals surface area contributed by atoms with Crippen molar-refractivity contribution >= 4 is 22.5 Å². The molecule has 0 atom stereocenters. The SMILES string of the molecule is CN(Cc1ccccn1)C(=O)Nc1nnc(C(F)(F)F)s1. The van der Waals surface area contributed by atoms with Gasteiger partial charge in [-0.05, 0) is 12.1 Å². The van der Waals surface area contributed by atoms with Crippen molar-refractivity contribution in [2.24, 2.45) is 0 Å². The fraction of sp³-hybridized carbons (Fsp3) is 0.273. The van der Waals surface area contributed by atoms with Crippen molar-refractivity contribution in [2.75, 3.05) is 12.4 Å². The maximum atomic E-state index is 12.4. The van der Waals surface area contributed by atoms with Gasteiger partial charge in [-0.2, -0.15) is 13.2 Å². The van der Waals surface area contributed by atoms with Crippen molar-refractivity contribution in [2.45, 2.75) is 12.7 Å². The van der Waals surface area contributed by atoms with E-state index < -0.39 is 17.2 Å². The van der Waals surface area contributed by atoms with E-state index in [0.717, 1.165) is 0 Å². The number of nitrogens with zero attached hydrogens (tertiary/aromatic N) is 4. The van der Waals surface area contributed by atoms with Gasteiger partial charge >= 0.3 is 12.2 Å². The second-order valence-corrected chi connectivity index (χ2v) is 4.99. The molecular formula is C11H10F3N5OS.